The van der Waals surface area contributed by atoms with E-state index >= 15 is 0 Å². The standard InChI is InChI=1S/C9H9ClFN3.C8H8ClFN4/c10-7-2-1-3-8(11)6(7)4-14-5-9(12)13;9-6-2-14-3-7(10)5(6)1-13-4-8(11)12/h1-4H,5H2,(H3,12,13);1-3H,4H2,(H3,11,12). The predicted molar refractivity (Wildman–Crippen MR) is 109 cm³/mol. The molecule has 2 aromatic rings. The molecule has 0 unspecified atom stereocenters. The van der Waals surface area contributed by atoms with Crippen molar-refractivity contribution >= 4 is 47.3 Å². The van der Waals surface area contributed by atoms with Gasteiger partial charge in [-0.05, 0) is 12.1 Å². The summed E-state index contributed by atoms with van der Waals surface area (Å²) in [5.74, 6) is -1.16. The second-order valence-corrected chi connectivity index (χ2v) is 5.96. The van der Waals surface area contributed by atoms with Crippen molar-refractivity contribution < 1.29 is 8.78 Å². The molecule has 0 aliphatic rings. The molecule has 11 heteroatoms. The molecule has 148 valence electrons. The summed E-state index contributed by atoms with van der Waals surface area (Å²) in [5, 5.41) is 14.3. The molecule has 0 bridgehead atoms. The molecule has 0 amide bonds. The average molecular weight is 428 g/mol. The molecule has 0 spiro atoms. The van der Waals surface area contributed by atoms with E-state index in [2.05, 4.69) is 15.0 Å². The minimum Gasteiger partial charge on any atom is -0.386 e. The van der Waals surface area contributed by atoms with Crippen LogP contribution in [0.15, 0.2) is 40.6 Å². The Balaban J connectivity index is 0.000000280. The molecule has 0 saturated heterocycles. The van der Waals surface area contributed by atoms with Crippen LogP contribution >= 0.6 is 23.2 Å². The summed E-state index contributed by atoms with van der Waals surface area (Å²) in [4.78, 5) is 11.1. The molecule has 0 fully saturated rings. The van der Waals surface area contributed by atoms with E-state index in [9.17, 15) is 8.78 Å². The van der Waals surface area contributed by atoms with Gasteiger partial charge in [0.05, 0.1) is 29.3 Å². The minimum absolute atomic E-state index is 0.0259. The van der Waals surface area contributed by atoms with Crippen molar-refractivity contribution in [2.45, 2.75) is 0 Å². The third-order valence-electron chi connectivity index (χ3n) is 2.85. The van der Waals surface area contributed by atoms with Crippen LogP contribution in [0, 0.1) is 22.5 Å². The van der Waals surface area contributed by atoms with E-state index in [1.165, 1.54) is 30.8 Å². The largest absolute Gasteiger partial charge is 0.386 e. The number of hydrogen-bond donors (Lipinski definition) is 4. The van der Waals surface area contributed by atoms with Crippen molar-refractivity contribution in [3.63, 3.8) is 0 Å². The summed E-state index contributed by atoms with van der Waals surface area (Å²) in [7, 11) is 0. The van der Waals surface area contributed by atoms with Gasteiger partial charge in [0.1, 0.15) is 17.5 Å². The Labute approximate surface area is 170 Å². The first kappa shape index (κ1) is 23.1. The summed E-state index contributed by atoms with van der Waals surface area (Å²) in [5.41, 5.74) is 10.5. The molecule has 28 heavy (non-hydrogen) atoms. The maximum atomic E-state index is 13.1. The van der Waals surface area contributed by atoms with Gasteiger partial charge in [0.25, 0.3) is 0 Å². The van der Waals surface area contributed by atoms with Gasteiger partial charge in [-0.3, -0.25) is 25.8 Å². The Morgan fingerprint density at radius 3 is 1.93 bits per heavy atom. The van der Waals surface area contributed by atoms with Crippen LogP contribution in [0.1, 0.15) is 11.1 Å². The lowest BCUT2D eigenvalue weighted by molar-refractivity contribution is 0.619. The summed E-state index contributed by atoms with van der Waals surface area (Å²) < 4.78 is 26.2. The van der Waals surface area contributed by atoms with Crippen molar-refractivity contribution in [1.82, 2.24) is 4.98 Å². The lowest BCUT2D eigenvalue weighted by Crippen LogP contribution is -2.13. The molecule has 0 aliphatic carbocycles. The minimum atomic E-state index is -0.551. The topological polar surface area (TPSA) is 137 Å². The molecule has 0 radical (unpaired) electrons. The highest BCUT2D eigenvalue weighted by Gasteiger charge is 2.04. The lowest BCUT2D eigenvalue weighted by atomic mass is 10.2. The number of nitrogens with two attached hydrogens (primary N) is 2. The van der Waals surface area contributed by atoms with Crippen LogP contribution in [0.4, 0.5) is 8.78 Å². The van der Waals surface area contributed by atoms with E-state index in [0.29, 0.717) is 0 Å². The van der Waals surface area contributed by atoms with Crippen molar-refractivity contribution in [2.75, 3.05) is 13.1 Å². The molecule has 1 aromatic heterocycles. The van der Waals surface area contributed by atoms with E-state index in [1.54, 1.807) is 6.07 Å². The first-order valence-electron chi connectivity index (χ1n) is 7.60. The lowest BCUT2D eigenvalue weighted by Gasteiger charge is -1.98. The molecule has 0 saturated carbocycles. The highest BCUT2D eigenvalue weighted by atomic mass is 35.5. The number of aromatic nitrogens is 1. The molecule has 0 aliphatic heterocycles. The number of halogens is 4. The zero-order chi connectivity index (χ0) is 21.1. The van der Waals surface area contributed by atoms with E-state index in [0.717, 1.165) is 6.20 Å². The first-order valence-corrected chi connectivity index (χ1v) is 8.36. The molecule has 2 rings (SSSR count). The number of pyridine rings is 1. The normalized spacial score (nSPS) is 10.7. The Hall–Kier alpha value is -2.91. The molecule has 1 aromatic carbocycles. The van der Waals surface area contributed by atoms with Gasteiger partial charge in [0, 0.05) is 29.8 Å². The Kier molecular flexibility index (Phi) is 9.69. The molecule has 7 nitrogen and oxygen atoms in total. The third kappa shape index (κ3) is 8.19. The summed E-state index contributed by atoms with van der Waals surface area (Å²) >= 11 is 11.4. The van der Waals surface area contributed by atoms with Gasteiger partial charge in [-0.25, -0.2) is 8.78 Å². The molecule has 1 heterocycles. The number of nitrogens with zero attached hydrogens (tertiary/aromatic N) is 3. The zero-order valence-electron chi connectivity index (χ0n) is 14.5. The Morgan fingerprint density at radius 1 is 0.929 bits per heavy atom. The van der Waals surface area contributed by atoms with Gasteiger partial charge in [-0.1, -0.05) is 29.3 Å². The number of amidine groups is 2. The number of hydrogen-bond acceptors (Lipinski definition) is 5. The van der Waals surface area contributed by atoms with Crippen LogP contribution in [0.2, 0.25) is 10.0 Å². The van der Waals surface area contributed by atoms with Crippen LogP contribution in [0.25, 0.3) is 0 Å². The fraction of sp³-hybridized carbons (Fsp3) is 0.118. The predicted octanol–water partition coefficient (Wildman–Crippen LogP) is 3.06. The monoisotopic (exact) mass is 427 g/mol. The van der Waals surface area contributed by atoms with Gasteiger partial charge in [-0.15, -0.1) is 0 Å². The molecular weight excluding hydrogens is 411 g/mol. The Morgan fingerprint density at radius 2 is 1.46 bits per heavy atom. The zero-order valence-corrected chi connectivity index (χ0v) is 16.0. The Bertz CT molecular complexity index is 787. The SMILES string of the molecule is N=C(N)CN=Cc1c(F)cccc1Cl.N=C(N)CN=Cc1c(F)cncc1Cl. The van der Waals surface area contributed by atoms with Crippen LogP contribution in [0.5, 0.6) is 0 Å². The fourth-order valence-corrected chi connectivity index (χ4v) is 2.06. The van der Waals surface area contributed by atoms with Crippen molar-refractivity contribution in [3.8, 4) is 0 Å². The number of benzene rings is 1. The van der Waals surface area contributed by atoms with Gasteiger partial charge in [0.2, 0.25) is 0 Å². The van der Waals surface area contributed by atoms with Gasteiger partial charge in [0.15, 0.2) is 5.82 Å². The maximum Gasteiger partial charge on any atom is 0.151 e. The van der Waals surface area contributed by atoms with E-state index in [1.807, 2.05) is 0 Å². The van der Waals surface area contributed by atoms with Gasteiger partial charge >= 0.3 is 0 Å². The molecule has 0 atom stereocenters. The van der Waals surface area contributed by atoms with Crippen molar-refractivity contribution in [1.29, 1.82) is 10.8 Å². The smallest absolute Gasteiger partial charge is 0.151 e. The van der Waals surface area contributed by atoms with Crippen LogP contribution in [-0.2, 0) is 0 Å². The van der Waals surface area contributed by atoms with E-state index in [4.69, 9.17) is 45.5 Å². The highest BCUT2D eigenvalue weighted by molar-refractivity contribution is 6.33. The summed E-state index contributed by atoms with van der Waals surface area (Å²) in [6, 6.07) is 4.38. The van der Waals surface area contributed by atoms with Crippen molar-refractivity contribution in [3.05, 3.63) is 63.4 Å². The van der Waals surface area contributed by atoms with Crippen LogP contribution in [-0.4, -0.2) is 42.2 Å². The average Bonchev–Trinajstić information content (AvgIpc) is 2.60. The summed E-state index contributed by atoms with van der Waals surface area (Å²) in [6.07, 6.45) is 4.88. The highest BCUT2D eigenvalue weighted by Crippen LogP contribution is 2.16. The number of nitrogens with one attached hydrogen (secondary N) is 2. The molecular formula is C17H17Cl2F2N7. The number of aliphatic imine (C=N–C) groups is 2. The molecule has 6 N–H and O–H groups in total. The number of rotatable bonds is 6. The van der Waals surface area contributed by atoms with Crippen LogP contribution < -0.4 is 11.5 Å². The third-order valence-corrected chi connectivity index (χ3v) is 3.48. The van der Waals surface area contributed by atoms with E-state index < -0.39 is 11.6 Å². The second-order valence-electron chi connectivity index (χ2n) is 5.14. The van der Waals surface area contributed by atoms with E-state index in [-0.39, 0.29) is 45.9 Å². The van der Waals surface area contributed by atoms with Gasteiger partial charge < -0.3 is 11.5 Å². The fourth-order valence-electron chi connectivity index (χ4n) is 1.65. The summed E-state index contributed by atoms with van der Waals surface area (Å²) in [6.45, 7) is 0.0722. The van der Waals surface area contributed by atoms with Crippen molar-refractivity contribution in [2.24, 2.45) is 21.5 Å². The van der Waals surface area contributed by atoms with Gasteiger partial charge in [-0.2, -0.15) is 0 Å². The second kappa shape index (κ2) is 11.7. The quantitative estimate of drug-likeness (QED) is 0.416. The first-order chi connectivity index (χ1) is 13.2. The maximum absolute atomic E-state index is 13.1. The van der Waals surface area contributed by atoms with Crippen LogP contribution in [0.3, 0.4) is 0 Å².